The van der Waals surface area contributed by atoms with Gasteiger partial charge in [0.05, 0.1) is 0 Å². The van der Waals surface area contributed by atoms with E-state index in [4.69, 9.17) is 0 Å². The first kappa shape index (κ1) is 17.7. The Bertz CT molecular complexity index is 1170. The third-order valence-electron chi connectivity index (χ3n) is 4.22. The van der Waals surface area contributed by atoms with Gasteiger partial charge in [0.15, 0.2) is 5.82 Å². The third-order valence-corrected chi connectivity index (χ3v) is 5.12. The van der Waals surface area contributed by atoms with Crippen molar-refractivity contribution in [3.63, 3.8) is 0 Å². The van der Waals surface area contributed by atoms with Crippen molar-refractivity contribution in [2.45, 2.75) is 6.92 Å². The van der Waals surface area contributed by atoms with Crippen LogP contribution >= 0.6 is 11.3 Å². The van der Waals surface area contributed by atoms with Crippen LogP contribution in [0.1, 0.15) is 16.7 Å². The Kier molecular flexibility index (Phi) is 5.00. The van der Waals surface area contributed by atoms with E-state index in [1.165, 1.54) is 4.88 Å². The smallest absolute Gasteiger partial charge is 0.193 e. The van der Waals surface area contributed by atoms with Crippen LogP contribution in [-0.2, 0) is 0 Å². The summed E-state index contributed by atoms with van der Waals surface area (Å²) in [7, 11) is 0. The first-order chi connectivity index (χ1) is 13.7. The molecule has 2 aromatic heterocycles. The van der Waals surface area contributed by atoms with Gasteiger partial charge in [0.1, 0.15) is 17.5 Å². The molecule has 0 aliphatic rings. The molecule has 0 amide bonds. The molecule has 0 unspecified atom stereocenters. The predicted molar refractivity (Wildman–Crippen MR) is 115 cm³/mol. The maximum Gasteiger partial charge on any atom is 0.193 e. The topological polar surface area (TPSA) is 76.9 Å². The Balaban J connectivity index is 1.63. The number of nitrogens with zero attached hydrogens (tertiary/aromatic N) is 3. The van der Waals surface area contributed by atoms with Crippen molar-refractivity contribution in [3.05, 3.63) is 82.7 Å². The van der Waals surface area contributed by atoms with Gasteiger partial charge in [-0.2, -0.15) is 10.4 Å². The van der Waals surface area contributed by atoms with Gasteiger partial charge in [-0.1, -0.05) is 42.5 Å². The zero-order chi connectivity index (χ0) is 19.3. The van der Waals surface area contributed by atoms with Crippen molar-refractivity contribution in [1.82, 2.24) is 10.2 Å². The van der Waals surface area contributed by atoms with Crippen LogP contribution in [0.3, 0.4) is 0 Å². The first-order valence-electron chi connectivity index (χ1n) is 8.74. The molecular weight excluding hydrogens is 366 g/mol. The van der Waals surface area contributed by atoms with E-state index in [9.17, 15) is 5.26 Å². The van der Waals surface area contributed by atoms with E-state index in [0.717, 1.165) is 22.4 Å². The second kappa shape index (κ2) is 7.91. The Morgan fingerprint density at radius 3 is 2.82 bits per heavy atom. The second-order valence-electron chi connectivity index (χ2n) is 6.23. The van der Waals surface area contributed by atoms with Crippen molar-refractivity contribution in [2.24, 2.45) is 4.99 Å². The molecule has 2 N–H and O–H groups in total. The van der Waals surface area contributed by atoms with Crippen LogP contribution in [0.4, 0.5) is 17.3 Å². The van der Waals surface area contributed by atoms with Gasteiger partial charge < -0.3 is 5.32 Å². The minimum absolute atomic E-state index is 0.360. The highest BCUT2D eigenvalue weighted by molar-refractivity contribution is 7.13. The average Bonchev–Trinajstić information content (AvgIpc) is 3.36. The molecule has 0 fully saturated rings. The molecule has 0 aliphatic carbocycles. The van der Waals surface area contributed by atoms with Crippen LogP contribution in [0.15, 0.2) is 71.0 Å². The number of aliphatic imine (C=N–C) groups is 1. The van der Waals surface area contributed by atoms with E-state index in [1.54, 1.807) is 17.6 Å². The van der Waals surface area contributed by atoms with E-state index in [2.05, 4.69) is 38.7 Å². The van der Waals surface area contributed by atoms with Gasteiger partial charge in [-0.05, 0) is 36.1 Å². The largest absolute Gasteiger partial charge is 0.339 e. The number of thiophene rings is 1. The van der Waals surface area contributed by atoms with E-state index in [0.29, 0.717) is 17.2 Å². The van der Waals surface area contributed by atoms with Gasteiger partial charge in [-0.25, -0.2) is 4.99 Å². The van der Waals surface area contributed by atoms with E-state index in [1.807, 2.05) is 60.8 Å². The van der Waals surface area contributed by atoms with Crippen molar-refractivity contribution < 1.29 is 0 Å². The number of H-pyrrole nitrogens is 1. The fourth-order valence-corrected chi connectivity index (χ4v) is 3.66. The Morgan fingerprint density at radius 2 is 2.04 bits per heavy atom. The van der Waals surface area contributed by atoms with Crippen LogP contribution in [0, 0.1) is 18.3 Å². The zero-order valence-corrected chi connectivity index (χ0v) is 16.0. The molecular formula is C22H17N5S. The van der Waals surface area contributed by atoms with Gasteiger partial charge >= 0.3 is 0 Å². The van der Waals surface area contributed by atoms with Crippen molar-refractivity contribution in [2.75, 3.05) is 5.32 Å². The molecule has 0 saturated heterocycles. The molecule has 5 nitrogen and oxygen atoms in total. The van der Waals surface area contributed by atoms with Crippen LogP contribution < -0.4 is 5.32 Å². The second-order valence-corrected chi connectivity index (χ2v) is 7.17. The number of nitriles is 1. The van der Waals surface area contributed by atoms with Gasteiger partial charge in [0.2, 0.25) is 0 Å². The standard InChI is InChI=1S/C22H17N5S/c1-15-6-4-8-17(12-15)25-22-19(13-23)21(26-27-22)24-14-16-7-2-3-9-18(16)20-10-5-11-28-20/h2-12,14H,1H3,(H2,25,26,27). The summed E-state index contributed by atoms with van der Waals surface area (Å²) in [6.45, 7) is 2.02. The van der Waals surface area contributed by atoms with Crippen molar-refractivity contribution >= 4 is 34.9 Å². The van der Waals surface area contributed by atoms with E-state index >= 15 is 0 Å². The number of hydrogen-bond donors (Lipinski definition) is 2. The molecule has 2 aromatic carbocycles. The number of aromatic nitrogens is 2. The highest BCUT2D eigenvalue weighted by atomic mass is 32.1. The average molecular weight is 383 g/mol. The molecule has 4 aromatic rings. The third kappa shape index (κ3) is 3.70. The Hall–Kier alpha value is -3.69. The summed E-state index contributed by atoms with van der Waals surface area (Å²) < 4.78 is 0. The van der Waals surface area contributed by atoms with E-state index in [-0.39, 0.29) is 0 Å². The molecule has 0 atom stereocenters. The summed E-state index contributed by atoms with van der Waals surface area (Å²) in [6, 6.07) is 22.3. The Morgan fingerprint density at radius 1 is 1.14 bits per heavy atom. The van der Waals surface area contributed by atoms with Gasteiger partial charge in [-0.3, -0.25) is 5.10 Å². The molecule has 136 valence electrons. The summed E-state index contributed by atoms with van der Waals surface area (Å²) >= 11 is 1.68. The predicted octanol–water partition coefficient (Wildman–Crippen LogP) is 5.81. The number of anilines is 2. The summed E-state index contributed by atoms with van der Waals surface area (Å²) in [6.07, 6.45) is 1.75. The molecule has 4 rings (SSSR count). The lowest BCUT2D eigenvalue weighted by molar-refractivity contribution is 1.09. The maximum atomic E-state index is 9.60. The number of rotatable bonds is 5. The minimum Gasteiger partial charge on any atom is -0.339 e. The summed E-state index contributed by atoms with van der Waals surface area (Å²) in [5.41, 5.74) is 4.48. The number of aromatic amines is 1. The number of aryl methyl sites for hydroxylation is 1. The van der Waals surface area contributed by atoms with E-state index < -0.39 is 0 Å². The number of nitrogens with one attached hydrogen (secondary N) is 2. The van der Waals surface area contributed by atoms with Crippen LogP contribution in [0.5, 0.6) is 0 Å². The quantitative estimate of drug-likeness (QED) is 0.427. The lowest BCUT2D eigenvalue weighted by Gasteiger charge is -2.04. The highest BCUT2D eigenvalue weighted by Gasteiger charge is 2.13. The molecule has 28 heavy (non-hydrogen) atoms. The molecule has 0 saturated carbocycles. The number of hydrogen-bond acceptors (Lipinski definition) is 5. The lowest BCUT2D eigenvalue weighted by atomic mass is 10.1. The molecule has 2 heterocycles. The lowest BCUT2D eigenvalue weighted by Crippen LogP contribution is -1.93. The van der Waals surface area contributed by atoms with Gasteiger partial charge in [0, 0.05) is 27.9 Å². The van der Waals surface area contributed by atoms with Gasteiger partial charge in [-0.15, -0.1) is 11.3 Å². The number of benzene rings is 2. The highest BCUT2D eigenvalue weighted by Crippen LogP contribution is 2.29. The Labute approximate surface area is 167 Å². The normalized spacial score (nSPS) is 10.9. The molecule has 0 bridgehead atoms. The summed E-state index contributed by atoms with van der Waals surface area (Å²) in [5.74, 6) is 0.894. The zero-order valence-electron chi connectivity index (χ0n) is 15.2. The van der Waals surface area contributed by atoms with Crippen LogP contribution in [-0.4, -0.2) is 16.4 Å². The van der Waals surface area contributed by atoms with Crippen molar-refractivity contribution in [3.8, 4) is 16.5 Å². The van der Waals surface area contributed by atoms with Crippen LogP contribution in [0.2, 0.25) is 0 Å². The molecule has 0 aliphatic heterocycles. The molecule has 0 spiro atoms. The van der Waals surface area contributed by atoms with Gasteiger partial charge in [0.25, 0.3) is 0 Å². The van der Waals surface area contributed by atoms with Crippen molar-refractivity contribution in [1.29, 1.82) is 5.26 Å². The minimum atomic E-state index is 0.360. The monoisotopic (exact) mass is 383 g/mol. The summed E-state index contributed by atoms with van der Waals surface area (Å²) in [4.78, 5) is 5.64. The maximum absolute atomic E-state index is 9.60. The first-order valence-corrected chi connectivity index (χ1v) is 9.61. The molecule has 0 radical (unpaired) electrons. The SMILES string of the molecule is Cc1cccc(Nc2[nH]nc(N=Cc3ccccc3-c3cccs3)c2C#N)c1. The molecule has 6 heteroatoms. The van der Waals surface area contributed by atoms with Crippen LogP contribution in [0.25, 0.3) is 10.4 Å². The summed E-state index contributed by atoms with van der Waals surface area (Å²) in [5, 5.41) is 21.9. The fraction of sp³-hybridized carbons (Fsp3) is 0.0455. The fourth-order valence-electron chi connectivity index (χ4n) is 2.89.